The van der Waals surface area contributed by atoms with Crippen LogP contribution in [0.25, 0.3) is 0 Å². The van der Waals surface area contributed by atoms with Crippen molar-refractivity contribution >= 4 is 22.4 Å². The lowest BCUT2D eigenvalue weighted by molar-refractivity contribution is 0.684. The third-order valence-electron chi connectivity index (χ3n) is 1.34. The molecule has 0 radical (unpaired) electrons. The molecule has 1 rings (SSSR count). The van der Waals surface area contributed by atoms with Crippen molar-refractivity contribution in [3.63, 3.8) is 0 Å². The van der Waals surface area contributed by atoms with Crippen molar-refractivity contribution in [1.29, 1.82) is 0 Å². The van der Waals surface area contributed by atoms with Crippen LogP contribution in [0, 0.1) is 0 Å². The molecule has 11 heavy (non-hydrogen) atoms. The van der Waals surface area contributed by atoms with Crippen molar-refractivity contribution in [2.75, 3.05) is 5.75 Å². The Labute approximate surface area is 73.8 Å². The highest BCUT2D eigenvalue weighted by Crippen LogP contribution is 2.12. The molecule has 0 fully saturated rings. The molecule has 0 aliphatic rings. The van der Waals surface area contributed by atoms with Gasteiger partial charge in [-0.3, -0.25) is 4.21 Å². The lowest BCUT2D eigenvalue weighted by Gasteiger charge is -1.97. The van der Waals surface area contributed by atoms with E-state index < -0.39 is 10.8 Å². The Balaban J connectivity index is 2.90. The average Bonchev–Trinajstić information content (AvgIpc) is 2.05. The summed E-state index contributed by atoms with van der Waals surface area (Å²) in [6.45, 7) is 1.89. The van der Waals surface area contributed by atoms with Crippen LogP contribution < -0.4 is 0 Å². The van der Waals surface area contributed by atoms with Crippen LogP contribution in [-0.4, -0.2) is 9.96 Å². The molecule has 1 nitrogen and oxygen atoms in total. The molecule has 60 valence electrons. The molecule has 0 aromatic heterocycles. The van der Waals surface area contributed by atoms with Crippen LogP contribution in [0.5, 0.6) is 0 Å². The van der Waals surface area contributed by atoms with Crippen LogP contribution in [0.1, 0.15) is 6.92 Å². The van der Waals surface area contributed by atoms with Gasteiger partial charge in [0.15, 0.2) is 0 Å². The fourth-order valence-corrected chi connectivity index (χ4v) is 1.65. The number of hydrogen-bond donors (Lipinski definition) is 0. The Morgan fingerprint density at radius 2 is 1.91 bits per heavy atom. The number of hydrogen-bond acceptors (Lipinski definition) is 1. The minimum absolute atomic E-state index is 0.654. The predicted molar refractivity (Wildman–Crippen MR) is 48.4 cm³/mol. The van der Waals surface area contributed by atoms with E-state index in [2.05, 4.69) is 0 Å². The van der Waals surface area contributed by atoms with E-state index in [1.54, 1.807) is 24.3 Å². The summed E-state index contributed by atoms with van der Waals surface area (Å²) in [6.07, 6.45) is 0. The molecule has 0 bridgehead atoms. The molecule has 0 N–H and O–H groups in total. The van der Waals surface area contributed by atoms with Crippen molar-refractivity contribution in [2.45, 2.75) is 11.8 Å². The summed E-state index contributed by atoms with van der Waals surface area (Å²) in [6, 6.07) is 7.10. The summed E-state index contributed by atoms with van der Waals surface area (Å²) in [7, 11) is -0.857. The Bertz CT molecular complexity index is 255. The van der Waals surface area contributed by atoms with Gasteiger partial charge in [0.25, 0.3) is 0 Å². The van der Waals surface area contributed by atoms with Gasteiger partial charge in [-0.25, -0.2) is 0 Å². The molecule has 0 heterocycles. The van der Waals surface area contributed by atoms with Gasteiger partial charge in [-0.05, 0) is 24.3 Å². The molecule has 0 spiro atoms. The van der Waals surface area contributed by atoms with E-state index in [4.69, 9.17) is 11.6 Å². The number of benzene rings is 1. The first kappa shape index (κ1) is 8.75. The summed E-state index contributed by atoms with van der Waals surface area (Å²) in [5.41, 5.74) is 0. The van der Waals surface area contributed by atoms with E-state index in [1.807, 2.05) is 6.92 Å². The molecule has 0 aliphatic carbocycles. The highest BCUT2D eigenvalue weighted by Gasteiger charge is 1.98. The minimum Gasteiger partial charge on any atom is -0.254 e. The van der Waals surface area contributed by atoms with Crippen LogP contribution in [0.2, 0.25) is 5.02 Å². The first-order chi connectivity index (χ1) is 5.24. The Morgan fingerprint density at radius 1 is 1.36 bits per heavy atom. The van der Waals surface area contributed by atoms with Crippen LogP contribution in [-0.2, 0) is 10.8 Å². The van der Waals surface area contributed by atoms with Gasteiger partial charge in [-0.15, -0.1) is 0 Å². The molecule has 1 atom stereocenters. The van der Waals surface area contributed by atoms with Gasteiger partial charge in [0.2, 0.25) is 0 Å². The van der Waals surface area contributed by atoms with E-state index in [-0.39, 0.29) is 0 Å². The highest BCUT2D eigenvalue weighted by molar-refractivity contribution is 7.85. The molecule has 3 heteroatoms. The largest absolute Gasteiger partial charge is 0.254 e. The van der Waals surface area contributed by atoms with Gasteiger partial charge < -0.3 is 0 Å². The smallest absolute Gasteiger partial charge is 0.0526 e. The molecule has 0 amide bonds. The van der Waals surface area contributed by atoms with E-state index in [9.17, 15) is 4.21 Å². The van der Waals surface area contributed by atoms with E-state index >= 15 is 0 Å². The van der Waals surface area contributed by atoms with Gasteiger partial charge in [0.1, 0.15) is 0 Å². The first-order valence-corrected chi connectivity index (χ1v) is 5.07. The third kappa shape index (κ3) is 2.31. The molecule has 0 saturated carbocycles. The maximum absolute atomic E-state index is 11.2. The van der Waals surface area contributed by atoms with E-state index in [1.165, 1.54) is 0 Å². The zero-order chi connectivity index (χ0) is 8.27. The summed E-state index contributed by atoms with van der Waals surface area (Å²) in [4.78, 5) is 0.844. The zero-order valence-electron chi connectivity index (χ0n) is 6.21. The van der Waals surface area contributed by atoms with Crippen molar-refractivity contribution in [1.82, 2.24) is 0 Å². The maximum atomic E-state index is 11.2. The van der Waals surface area contributed by atoms with Crippen molar-refractivity contribution in [2.24, 2.45) is 0 Å². The molecule has 1 aromatic carbocycles. The van der Waals surface area contributed by atoms with Gasteiger partial charge >= 0.3 is 0 Å². The van der Waals surface area contributed by atoms with Gasteiger partial charge in [0, 0.05) is 15.7 Å². The van der Waals surface area contributed by atoms with Crippen molar-refractivity contribution in [3.8, 4) is 0 Å². The van der Waals surface area contributed by atoms with Gasteiger partial charge in [-0.1, -0.05) is 18.5 Å². The lowest BCUT2D eigenvalue weighted by atomic mass is 10.4. The first-order valence-electron chi connectivity index (χ1n) is 3.38. The summed E-state index contributed by atoms with van der Waals surface area (Å²) >= 11 is 5.66. The standard InChI is InChI=1S/C8H9ClOS/c1-2-11(10)8-5-3-7(9)4-6-8/h3-6H,2H2,1H3/t11-/m1/s1. The lowest BCUT2D eigenvalue weighted by Crippen LogP contribution is -1.92. The molecule has 1 aromatic rings. The topological polar surface area (TPSA) is 17.1 Å². The maximum Gasteiger partial charge on any atom is 0.0526 e. The van der Waals surface area contributed by atoms with E-state index in [0.717, 1.165) is 4.90 Å². The Morgan fingerprint density at radius 3 is 2.36 bits per heavy atom. The minimum atomic E-state index is -0.857. The normalized spacial score (nSPS) is 12.9. The molecule has 0 saturated heterocycles. The van der Waals surface area contributed by atoms with Crippen LogP contribution in [0.15, 0.2) is 29.2 Å². The molecular formula is C8H9ClOS. The second-order valence-electron chi connectivity index (χ2n) is 2.09. The van der Waals surface area contributed by atoms with Crippen LogP contribution >= 0.6 is 11.6 Å². The third-order valence-corrected chi connectivity index (χ3v) is 2.91. The van der Waals surface area contributed by atoms with E-state index in [0.29, 0.717) is 10.8 Å². The SMILES string of the molecule is CC[S@@](=O)c1ccc(Cl)cc1. The summed E-state index contributed by atoms with van der Waals surface area (Å²) in [5, 5.41) is 0.682. The molecular weight excluding hydrogens is 180 g/mol. The fourth-order valence-electron chi connectivity index (χ4n) is 0.753. The summed E-state index contributed by atoms with van der Waals surface area (Å²) in [5.74, 6) is 0.654. The number of rotatable bonds is 2. The highest BCUT2D eigenvalue weighted by atomic mass is 35.5. The van der Waals surface area contributed by atoms with Crippen LogP contribution in [0.3, 0.4) is 0 Å². The fraction of sp³-hybridized carbons (Fsp3) is 0.250. The Hall–Kier alpha value is -0.340. The zero-order valence-corrected chi connectivity index (χ0v) is 7.78. The predicted octanol–water partition coefficient (Wildman–Crippen LogP) is 2.47. The molecule has 0 unspecified atom stereocenters. The van der Waals surface area contributed by atoms with Crippen molar-refractivity contribution < 1.29 is 4.21 Å². The second-order valence-corrected chi connectivity index (χ2v) is 4.26. The summed E-state index contributed by atoms with van der Waals surface area (Å²) < 4.78 is 11.2. The van der Waals surface area contributed by atoms with Crippen molar-refractivity contribution in [3.05, 3.63) is 29.3 Å². The number of halogens is 1. The van der Waals surface area contributed by atoms with Crippen LogP contribution in [0.4, 0.5) is 0 Å². The molecule has 0 aliphatic heterocycles. The second kappa shape index (κ2) is 3.88. The van der Waals surface area contributed by atoms with Gasteiger partial charge in [0.05, 0.1) is 10.8 Å². The quantitative estimate of drug-likeness (QED) is 0.697. The van der Waals surface area contributed by atoms with Gasteiger partial charge in [-0.2, -0.15) is 0 Å². The monoisotopic (exact) mass is 188 g/mol. The average molecular weight is 189 g/mol. The Kier molecular flexibility index (Phi) is 3.09.